The van der Waals surface area contributed by atoms with Crippen LogP contribution in [0.1, 0.15) is 50.7 Å². The summed E-state index contributed by atoms with van der Waals surface area (Å²) < 4.78 is 0. The third-order valence-corrected chi connectivity index (χ3v) is 5.71. The number of Topliss-reactive ketones (excluding diaryl/α,β-unsaturated/α-hetero) is 1. The maximum absolute atomic E-state index is 13.3. The first kappa shape index (κ1) is 21.0. The number of fused-ring (bicyclic) bond motifs is 1. The lowest BCUT2D eigenvalue weighted by Gasteiger charge is -2.28. The summed E-state index contributed by atoms with van der Waals surface area (Å²) >= 11 is 0. The lowest BCUT2D eigenvalue weighted by atomic mass is 9.78. The fourth-order valence-electron chi connectivity index (χ4n) is 4.40. The molecule has 0 amide bonds. The predicted molar refractivity (Wildman–Crippen MR) is 128 cm³/mol. The average molecular weight is 412 g/mol. The number of carbonyl (C=O) groups is 1. The summed E-state index contributed by atoms with van der Waals surface area (Å²) in [6.45, 7) is 6.07. The van der Waals surface area contributed by atoms with Crippen molar-refractivity contribution in [2.24, 2.45) is 4.99 Å². The van der Waals surface area contributed by atoms with Crippen molar-refractivity contribution in [1.29, 1.82) is 0 Å². The Kier molecular flexibility index (Phi) is 5.77. The molecule has 4 rings (SSSR count). The van der Waals surface area contributed by atoms with E-state index >= 15 is 0 Å². The Hall–Kier alpha value is -3.20. The minimum atomic E-state index is -0.334. The first-order valence-corrected chi connectivity index (χ1v) is 10.9. The highest BCUT2D eigenvalue weighted by atomic mass is 16.3. The van der Waals surface area contributed by atoms with E-state index in [2.05, 4.69) is 30.3 Å². The molecule has 158 valence electrons. The molecule has 31 heavy (non-hydrogen) atoms. The molecule has 1 aliphatic rings. The molecular formula is C28H29NO2. The van der Waals surface area contributed by atoms with E-state index in [4.69, 9.17) is 4.99 Å². The lowest BCUT2D eigenvalue weighted by molar-refractivity contribution is -0.115. The number of aliphatic hydroxyl groups excluding tert-OH is 1. The van der Waals surface area contributed by atoms with Gasteiger partial charge in [0, 0.05) is 12.8 Å². The van der Waals surface area contributed by atoms with Gasteiger partial charge in [0.25, 0.3) is 0 Å². The number of nitrogens with zero attached hydrogens (tertiary/aromatic N) is 1. The minimum absolute atomic E-state index is 0.0270. The largest absolute Gasteiger partial charge is 0.511 e. The molecule has 0 heterocycles. The van der Waals surface area contributed by atoms with Crippen molar-refractivity contribution < 1.29 is 9.90 Å². The van der Waals surface area contributed by atoms with Gasteiger partial charge in [0.1, 0.15) is 5.76 Å². The number of aliphatic imine (C=N–C) groups is 1. The summed E-state index contributed by atoms with van der Waals surface area (Å²) in [6, 6.07) is 24.3. The quantitative estimate of drug-likeness (QED) is 0.391. The fourth-order valence-corrected chi connectivity index (χ4v) is 4.40. The van der Waals surface area contributed by atoms with E-state index in [1.54, 1.807) is 0 Å². The molecule has 3 nitrogen and oxygen atoms in total. The zero-order valence-electron chi connectivity index (χ0n) is 18.4. The monoisotopic (exact) mass is 411 g/mol. The van der Waals surface area contributed by atoms with Crippen molar-refractivity contribution in [3.05, 3.63) is 95.3 Å². The zero-order valence-corrected chi connectivity index (χ0v) is 18.4. The molecule has 0 spiro atoms. The van der Waals surface area contributed by atoms with Crippen LogP contribution in [0.15, 0.2) is 89.1 Å². The minimum Gasteiger partial charge on any atom is -0.511 e. The molecule has 0 radical (unpaired) electrons. The van der Waals surface area contributed by atoms with E-state index in [1.807, 2.05) is 63.2 Å². The SMILES string of the molecule is CC(C)(C)N=C1CC(c2ccccc2)CC(=O)/C1=C(/O)Cc1cccc2ccccc12. The summed E-state index contributed by atoms with van der Waals surface area (Å²) in [6.07, 6.45) is 1.37. The molecule has 1 unspecified atom stereocenters. The molecule has 1 aliphatic carbocycles. The van der Waals surface area contributed by atoms with Crippen LogP contribution < -0.4 is 0 Å². The lowest BCUT2D eigenvalue weighted by Crippen LogP contribution is -2.29. The number of ketones is 1. The van der Waals surface area contributed by atoms with Gasteiger partial charge < -0.3 is 5.11 Å². The van der Waals surface area contributed by atoms with Gasteiger partial charge in [0.15, 0.2) is 5.78 Å². The van der Waals surface area contributed by atoms with Gasteiger partial charge in [-0.1, -0.05) is 72.8 Å². The van der Waals surface area contributed by atoms with Crippen LogP contribution in [0.25, 0.3) is 10.8 Å². The van der Waals surface area contributed by atoms with Crippen LogP contribution in [0.2, 0.25) is 0 Å². The number of rotatable bonds is 3. The summed E-state index contributed by atoms with van der Waals surface area (Å²) in [4.78, 5) is 18.1. The Balaban J connectivity index is 1.74. The van der Waals surface area contributed by atoms with Gasteiger partial charge in [-0.15, -0.1) is 0 Å². The van der Waals surface area contributed by atoms with E-state index in [1.165, 1.54) is 0 Å². The topological polar surface area (TPSA) is 49.7 Å². The standard InChI is InChI=1S/C28H29NO2/c1-28(2,3)29-24-16-22(19-10-5-4-6-11-19)18-26(31)27(24)25(30)17-21-14-9-13-20-12-7-8-15-23(20)21/h4-15,22,30H,16-18H2,1-3H3/b27-25+,29-24?. The Morgan fingerprint density at radius 2 is 1.61 bits per heavy atom. The van der Waals surface area contributed by atoms with Gasteiger partial charge in [-0.2, -0.15) is 0 Å². The summed E-state index contributed by atoms with van der Waals surface area (Å²) in [7, 11) is 0. The molecule has 3 heteroatoms. The highest BCUT2D eigenvalue weighted by Crippen LogP contribution is 2.35. The van der Waals surface area contributed by atoms with E-state index in [0.29, 0.717) is 24.8 Å². The van der Waals surface area contributed by atoms with Gasteiger partial charge in [-0.05, 0) is 55.0 Å². The van der Waals surface area contributed by atoms with Crippen molar-refractivity contribution in [3.8, 4) is 0 Å². The van der Waals surface area contributed by atoms with Crippen molar-refractivity contribution in [2.45, 2.75) is 51.5 Å². The molecule has 1 atom stereocenters. The van der Waals surface area contributed by atoms with Gasteiger partial charge in [0.2, 0.25) is 0 Å². The van der Waals surface area contributed by atoms with Crippen LogP contribution in [-0.4, -0.2) is 22.1 Å². The average Bonchev–Trinajstić information content (AvgIpc) is 2.73. The van der Waals surface area contributed by atoms with Crippen LogP contribution in [0, 0.1) is 0 Å². The number of allylic oxidation sites excluding steroid dienone is 2. The molecule has 3 aromatic rings. The Morgan fingerprint density at radius 1 is 0.935 bits per heavy atom. The molecule has 0 aliphatic heterocycles. The second-order valence-electron chi connectivity index (χ2n) is 9.31. The van der Waals surface area contributed by atoms with Gasteiger partial charge in [-0.3, -0.25) is 9.79 Å². The second-order valence-corrected chi connectivity index (χ2v) is 9.31. The van der Waals surface area contributed by atoms with Crippen LogP contribution in [-0.2, 0) is 11.2 Å². The number of aliphatic hydroxyl groups is 1. The van der Waals surface area contributed by atoms with Gasteiger partial charge in [0.05, 0.1) is 16.8 Å². The Bertz CT molecular complexity index is 1160. The van der Waals surface area contributed by atoms with Crippen molar-refractivity contribution in [2.75, 3.05) is 0 Å². The third-order valence-electron chi connectivity index (χ3n) is 5.71. The molecule has 3 aromatic carbocycles. The Labute approximate surface area is 184 Å². The van der Waals surface area contributed by atoms with Gasteiger partial charge >= 0.3 is 0 Å². The number of benzene rings is 3. The number of hydrogen-bond acceptors (Lipinski definition) is 3. The van der Waals surface area contributed by atoms with Crippen LogP contribution in [0.5, 0.6) is 0 Å². The first-order chi connectivity index (χ1) is 14.8. The summed E-state index contributed by atoms with van der Waals surface area (Å²) in [5.74, 6) is 0.181. The number of hydrogen-bond donors (Lipinski definition) is 1. The maximum Gasteiger partial charge on any atom is 0.168 e. The maximum atomic E-state index is 13.3. The van der Waals surface area contributed by atoms with E-state index in [9.17, 15) is 9.90 Å². The van der Waals surface area contributed by atoms with Crippen LogP contribution in [0.4, 0.5) is 0 Å². The van der Waals surface area contributed by atoms with E-state index in [0.717, 1.165) is 27.6 Å². The molecule has 1 N–H and O–H groups in total. The van der Waals surface area contributed by atoms with Gasteiger partial charge in [-0.25, -0.2) is 0 Å². The highest BCUT2D eigenvalue weighted by Gasteiger charge is 2.33. The molecular weight excluding hydrogens is 382 g/mol. The third kappa shape index (κ3) is 4.77. The molecule has 0 aromatic heterocycles. The summed E-state index contributed by atoms with van der Waals surface area (Å²) in [5.41, 5.74) is 2.95. The molecule has 0 saturated heterocycles. The first-order valence-electron chi connectivity index (χ1n) is 10.9. The van der Waals surface area contributed by atoms with Crippen molar-refractivity contribution in [3.63, 3.8) is 0 Å². The van der Waals surface area contributed by atoms with Crippen LogP contribution >= 0.6 is 0 Å². The number of carbonyl (C=O) groups excluding carboxylic acids is 1. The van der Waals surface area contributed by atoms with E-state index in [-0.39, 0.29) is 23.0 Å². The van der Waals surface area contributed by atoms with Crippen molar-refractivity contribution >= 4 is 22.3 Å². The van der Waals surface area contributed by atoms with Crippen molar-refractivity contribution in [1.82, 2.24) is 0 Å². The predicted octanol–water partition coefficient (Wildman–Crippen LogP) is 6.58. The normalized spacial score (nSPS) is 20.3. The molecule has 0 bridgehead atoms. The molecule has 1 saturated carbocycles. The smallest absolute Gasteiger partial charge is 0.168 e. The second kappa shape index (κ2) is 8.50. The van der Waals surface area contributed by atoms with Crippen LogP contribution in [0.3, 0.4) is 0 Å². The summed E-state index contributed by atoms with van der Waals surface area (Å²) in [5, 5.41) is 13.4. The fraction of sp³-hybridized carbons (Fsp3) is 0.286. The Morgan fingerprint density at radius 3 is 2.35 bits per heavy atom. The zero-order chi connectivity index (χ0) is 22.0. The highest BCUT2D eigenvalue weighted by molar-refractivity contribution is 6.25. The molecule has 1 fully saturated rings. The van der Waals surface area contributed by atoms with E-state index < -0.39 is 0 Å².